The minimum absolute atomic E-state index is 0.225. The first-order valence-corrected chi connectivity index (χ1v) is 6.98. The fourth-order valence-corrected chi connectivity index (χ4v) is 2.60. The zero-order valence-electron chi connectivity index (χ0n) is 11.5. The Morgan fingerprint density at radius 3 is 2.83 bits per heavy atom. The van der Waals surface area contributed by atoms with E-state index in [1.165, 1.54) is 24.1 Å². The van der Waals surface area contributed by atoms with E-state index >= 15 is 0 Å². The molecule has 0 N–H and O–H groups in total. The molecule has 1 aromatic rings. The lowest BCUT2D eigenvalue weighted by Crippen LogP contribution is -2.37. The molecule has 0 saturated heterocycles. The van der Waals surface area contributed by atoms with Crippen LogP contribution in [0, 0.1) is 5.41 Å². The van der Waals surface area contributed by atoms with Gasteiger partial charge in [0.2, 0.25) is 0 Å². The molecule has 0 spiro atoms. The van der Waals surface area contributed by atoms with Gasteiger partial charge >= 0.3 is 0 Å². The lowest BCUT2D eigenvalue weighted by molar-refractivity contribution is -0.115. The van der Waals surface area contributed by atoms with Crippen molar-refractivity contribution in [3.8, 4) is 0 Å². The first-order valence-electron chi connectivity index (χ1n) is 6.98. The number of rotatable bonds is 4. The number of nitrogens with zero attached hydrogens (tertiary/aromatic N) is 1. The molecule has 98 valence electrons. The molecule has 1 aromatic carbocycles. The van der Waals surface area contributed by atoms with Crippen molar-refractivity contribution < 1.29 is 4.79 Å². The molecule has 0 fully saturated rings. The molecule has 0 radical (unpaired) electrons. The molecule has 1 aliphatic rings. The Morgan fingerprint density at radius 1 is 1.33 bits per heavy atom. The second-order valence-corrected chi connectivity index (χ2v) is 5.63. The minimum Gasteiger partial charge on any atom is -0.370 e. The smallest absolute Gasteiger partial charge is 0.127 e. The number of anilines is 1. The Morgan fingerprint density at radius 2 is 2.11 bits per heavy atom. The number of benzene rings is 1. The van der Waals surface area contributed by atoms with Crippen LogP contribution in [0.5, 0.6) is 0 Å². The van der Waals surface area contributed by atoms with E-state index in [4.69, 9.17) is 0 Å². The standard InChI is InChI=1S/C16H23NO/c1-3-16(2,13-18)12-17-11-7-6-9-14-8-4-5-10-15(14)17/h4-5,8,10,13H,3,6-7,9,11-12H2,1-2H3. The zero-order valence-corrected chi connectivity index (χ0v) is 11.5. The van der Waals surface area contributed by atoms with E-state index in [2.05, 4.69) is 43.0 Å². The highest BCUT2D eigenvalue weighted by molar-refractivity contribution is 5.62. The van der Waals surface area contributed by atoms with Crippen molar-refractivity contribution in [1.82, 2.24) is 0 Å². The lowest BCUT2D eigenvalue weighted by atomic mass is 9.88. The molecule has 2 heteroatoms. The third kappa shape index (κ3) is 2.74. The number of hydrogen-bond donors (Lipinski definition) is 0. The number of aryl methyl sites for hydroxylation is 1. The van der Waals surface area contributed by atoms with Crippen LogP contribution in [0.1, 0.15) is 38.7 Å². The zero-order chi connectivity index (χ0) is 13.0. The van der Waals surface area contributed by atoms with Crippen LogP contribution < -0.4 is 4.90 Å². The molecule has 2 rings (SSSR count). The van der Waals surface area contributed by atoms with Gasteiger partial charge in [-0.3, -0.25) is 0 Å². The van der Waals surface area contributed by atoms with E-state index in [-0.39, 0.29) is 5.41 Å². The normalized spacial score (nSPS) is 18.7. The number of hydrogen-bond acceptors (Lipinski definition) is 2. The number of para-hydroxylation sites is 1. The Hall–Kier alpha value is -1.31. The Labute approximate surface area is 110 Å². The summed E-state index contributed by atoms with van der Waals surface area (Å²) in [6, 6.07) is 8.63. The quantitative estimate of drug-likeness (QED) is 0.757. The van der Waals surface area contributed by atoms with Gasteiger partial charge in [-0.15, -0.1) is 0 Å². The Balaban J connectivity index is 2.25. The predicted octanol–water partition coefficient (Wildman–Crippen LogP) is 3.44. The maximum Gasteiger partial charge on any atom is 0.127 e. The molecule has 18 heavy (non-hydrogen) atoms. The van der Waals surface area contributed by atoms with Crippen LogP contribution in [0.3, 0.4) is 0 Å². The largest absolute Gasteiger partial charge is 0.370 e. The molecule has 1 atom stereocenters. The van der Waals surface area contributed by atoms with Gasteiger partial charge in [0.15, 0.2) is 0 Å². The van der Waals surface area contributed by atoms with Crippen molar-refractivity contribution in [2.24, 2.45) is 5.41 Å². The highest BCUT2D eigenvalue weighted by Crippen LogP contribution is 2.29. The van der Waals surface area contributed by atoms with E-state index < -0.39 is 0 Å². The molecule has 2 nitrogen and oxygen atoms in total. The topological polar surface area (TPSA) is 20.3 Å². The van der Waals surface area contributed by atoms with E-state index in [9.17, 15) is 4.79 Å². The van der Waals surface area contributed by atoms with Crippen molar-refractivity contribution in [1.29, 1.82) is 0 Å². The van der Waals surface area contributed by atoms with Crippen molar-refractivity contribution >= 4 is 12.0 Å². The summed E-state index contributed by atoms with van der Waals surface area (Å²) < 4.78 is 0. The lowest BCUT2D eigenvalue weighted by Gasteiger charge is -2.32. The van der Waals surface area contributed by atoms with Crippen molar-refractivity contribution in [3.63, 3.8) is 0 Å². The first-order chi connectivity index (χ1) is 8.68. The second kappa shape index (κ2) is 5.55. The van der Waals surface area contributed by atoms with Crippen LogP contribution in [0.15, 0.2) is 24.3 Å². The summed E-state index contributed by atoms with van der Waals surface area (Å²) in [5, 5.41) is 0. The summed E-state index contributed by atoms with van der Waals surface area (Å²) in [7, 11) is 0. The third-order valence-corrected chi connectivity index (χ3v) is 4.10. The van der Waals surface area contributed by atoms with Crippen molar-refractivity contribution in [2.45, 2.75) is 39.5 Å². The van der Waals surface area contributed by atoms with Crippen LogP contribution in [0.2, 0.25) is 0 Å². The second-order valence-electron chi connectivity index (χ2n) is 5.63. The molecule has 0 saturated carbocycles. The molecular weight excluding hydrogens is 222 g/mol. The monoisotopic (exact) mass is 245 g/mol. The first kappa shape index (κ1) is 13.1. The van der Waals surface area contributed by atoms with Crippen LogP contribution in [-0.4, -0.2) is 19.4 Å². The van der Waals surface area contributed by atoms with Gasteiger partial charge in [-0.25, -0.2) is 0 Å². The molecule has 0 aromatic heterocycles. The molecule has 1 heterocycles. The number of aldehydes is 1. The number of carbonyl (C=O) groups excluding carboxylic acids is 1. The van der Waals surface area contributed by atoms with Gasteiger partial charge in [0.1, 0.15) is 6.29 Å². The number of fused-ring (bicyclic) bond motifs is 1. The van der Waals surface area contributed by atoms with E-state index in [0.717, 1.165) is 32.2 Å². The number of carbonyl (C=O) groups is 1. The Bertz CT molecular complexity index is 415. The fraction of sp³-hybridized carbons (Fsp3) is 0.562. The maximum atomic E-state index is 11.3. The van der Waals surface area contributed by atoms with Gasteiger partial charge in [-0.2, -0.15) is 0 Å². The van der Waals surface area contributed by atoms with Crippen molar-refractivity contribution in [3.05, 3.63) is 29.8 Å². The average Bonchev–Trinajstić information content (AvgIpc) is 2.61. The summed E-state index contributed by atoms with van der Waals surface area (Å²) in [5.41, 5.74) is 2.54. The SMILES string of the molecule is CCC(C)(C=O)CN1CCCCc2ccccc21. The molecule has 1 aliphatic heterocycles. The summed E-state index contributed by atoms with van der Waals surface area (Å²) in [5.74, 6) is 0. The van der Waals surface area contributed by atoms with Gasteiger partial charge in [-0.05, 0) is 37.3 Å². The van der Waals surface area contributed by atoms with Gasteiger partial charge in [0.05, 0.1) is 0 Å². The van der Waals surface area contributed by atoms with E-state index in [0.29, 0.717) is 0 Å². The van der Waals surface area contributed by atoms with Gasteiger partial charge in [0, 0.05) is 24.2 Å². The molecule has 0 amide bonds. The Kier molecular flexibility index (Phi) is 4.05. The predicted molar refractivity (Wildman–Crippen MR) is 76.1 cm³/mol. The van der Waals surface area contributed by atoms with Crippen LogP contribution >= 0.6 is 0 Å². The van der Waals surface area contributed by atoms with E-state index in [1.807, 2.05) is 0 Å². The fourth-order valence-electron chi connectivity index (χ4n) is 2.60. The van der Waals surface area contributed by atoms with Gasteiger partial charge in [-0.1, -0.05) is 32.0 Å². The molecular formula is C16H23NO. The summed E-state index contributed by atoms with van der Waals surface area (Å²) in [6.07, 6.45) is 5.65. The van der Waals surface area contributed by atoms with Crippen LogP contribution in [-0.2, 0) is 11.2 Å². The average molecular weight is 245 g/mol. The highest BCUT2D eigenvalue weighted by Gasteiger charge is 2.26. The highest BCUT2D eigenvalue weighted by atomic mass is 16.1. The molecule has 0 aliphatic carbocycles. The van der Waals surface area contributed by atoms with Gasteiger partial charge in [0.25, 0.3) is 0 Å². The summed E-state index contributed by atoms with van der Waals surface area (Å²) in [6.45, 7) is 6.07. The molecule has 0 bridgehead atoms. The third-order valence-electron chi connectivity index (χ3n) is 4.10. The van der Waals surface area contributed by atoms with Crippen molar-refractivity contribution in [2.75, 3.05) is 18.0 Å². The minimum atomic E-state index is -0.225. The molecule has 1 unspecified atom stereocenters. The van der Waals surface area contributed by atoms with Crippen LogP contribution in [0.25, 0.3) is 0 Å². The van der Waals surface area contributed by atoms with E-state index in [1.54, 1.807) is 0 Å². The maximum absolute atomic E-state index is 11.3. The van der Waals surface area contributed by atoms with Crippen LogP contribution in [0.4, 0.5) is 5.69 Å². The summed E-state index contributed by atoms with van der Waals surface area (Å²) in [4.78, 5) is 13.7. The summed E-state index contributed by atoms with van der Waals surface area (Å²) >= 11 is 0. The van der Waals surface area contributed by atoms with Gasteiger partial charge < -0.3 is 9.69 Å².